The van der Waals surface area contributed by atoms with Crippen molar-refractivity contribution in [2.45, 2.75) is 43.0 Å². The van der Waals surface area contributed by atoms with E-state index < -0.39 is 0 Å². The van der Waals surface area contributed by atoms with Crippen molar-refractivity contribution in [3.8, 4) is 0 Å². The summed E-state index contributed by atoms with van der Waals surface area (Å²) in [5.41, 5.74) is 1.24. The third kappa shape index (κ3) is 4.53. The average molecular weight is 428 g/mol. The largest absolute Gasteiger partial charge is 0.465 e. The van der Waals surface area contributed by atoms with Crippen LogP contribution in [0.1, 0.15) is 36.0 Å². The van der Waals surface area contributed by atoms with Crippen LogP contribution < -0.4 is 16.0 Å². The second-order valence-electron chi connectivity index (χ2n) is 7.68. The van der Waals surface area contributed by atoms with Crippen molar-refractivity contribution in [1.82, 2.24) is 10.6 Å². The van der Waals surface area contributed by atoms with E-state index in [-0.39, 0.29) is 30.0 Å². The van der Waals surface area contributed by atoms with Crippen LogP contribution in [0.2, 0.25) is 0 Å². The van der Waals surface area contributed by atoms with Crippen LogP contribution in [0.15, 0.2) is 36.4 Å². The molecule has 0 unspecified atom stereocenters. The van der Waals surface area contributed by atoms with E-state index in [0.717, 1.165) is 41.5 Å². The zero-order valence-electron chi connectivity index (χ0n) is 16.8. The first-order valence-corrected chi connectivity index (χ1v) is 11.2. The number of thioether (sulfide) groups is 1. The van der Waals surface area contributed by atoms with Gasteiger partial charge in [-0.25, -0.2) is 9.59 Å². The van der Waals surface area contributed by atoms with Gasteiger partial charge in [0.25, 0.3) is 0 Å². The van der Waals surface area contributed by atoms with E-state index in [0.29, 0.717) is 17.2 Å². The van der Waals surface area contributed by atoms with E-state index in [1.807, 2.05) is 36.0 Å². The number of hydrogen-bond acceptors (Lipinski definition) is 5. The molecule has 30 heavy (non-hydrogen) atoms. The van der Waals surface area contributed by atoms with E-state index in [4.69, 9.17) is 4.74 Å². The van der Waals surface area contributed by atoms with E-state index >= 15 is 0 Å². The maximum atomic E-state index is 12.3. The van der Waals surface area contributed by atoms with Gasteiger partial charge in [0.15, 0.2) is 0 Å². The Hall–Kier alpha value is -2.74. The summed E-state index contributed by atoms with van der Waals surface area (Å²) in [7, 11) is 1.36. The van der Waals surface area contributed by atoms with Crippen LogP contribution in [-0.4, -0.2) is 48.1 Å². The van der Waals surface area contributed by atoms with Crippen LogP contribution in [0.25, 0.3) is 10.8 Å². The molecule has 0 aromatic heterocycles. The Bertz CT molecular complexity index is 980. The molecular formula is C22H25N3O4S. The van der Waals surface area contributed by atoms with Gasteiger partial charge in [-0.1, -0.05) is 18.6 Å². The van der Waals surface area contributed by atoms with Crippen molar-refractivity contribution in [1.29, 1.82) is 0 Å². The maximum Gasteiger partial charge on any atom is 0.337 e. The number of fused-ring (bicyclic) bond motifs is 2. The van der Waals surface area contributed by atoms with Gasteiger partial charge in [-0.15, -0.1) is 0 Å². The predicted molar refractivity (Wildman–Crippen MR) is 118 cm³/mol. The lowest BCUT2D eigenvalue weighted by molar-refractivity contribution is -0.116. The molecule has 2 aromatic rings. The lowest BCUT2D eigenvalue weighted by Crippen LogP contribution is -2.36. The molecule has 4 rings (SSSR count). The van der Waals surface area contributed by atoms with Crippen molar-refractivity contribution in [2.75, 3.05) is 18.2 Å². The zero-order chi connectivity index (χ0) is 21.1. The summed E-state index contributed by atoms with van der Waals surface area (Å²) >= 11 is 1.90. The number of benzene rings is 2. The molecule has 2 saturated heterocycles. The summed E-state index contributed by atoms with van der Waals surface area (Å²) < 4.78 is 4.75. The molecule has 158 valence electrons. The Morgan fingerprint density at radius 3 is 2.77 bits per heavy atom. The highest BCUT2D eigenvalue weighted by molar-refractivity contribution is 8.00. The van der Waals surface area contributed by atoms with Crippen molar-refractivity contribution in [3.05, 3.63) is 42.0 Å². The average Bonchev–Trinajstić information content (AvgIpc) is 3.29. The van der Waals surface area contributed by atoms with Crippen LogP contribution in [0, 0.1) is 0 Å². The number of carbonyl (C=O) groups is 3. The van der Waals surface area contributed by atoms with E-state index in [1.54, 1.807) is 12.1 Å². The molecule has 2 aliphatic heterocycles. The highest BCUT2D eigenvalue weighted by Crippen LogP contribution is 2.33. The summed E-state index contributed by atoms with van der Waals surface area (Å²) in [5, 5.41) is 11.2. The van der Waals surface area contributed by atoms with Gasteiger partial charge in [-0.3, -0.25) is 4.79 Å². The number of rotatable bonds is 7. The summed E-state index contributed by atoms with van der Waals surface area (Å²) in [6.07, 6.45) is 3.24. The Labute approximate surface area is 179 Å². The number of hydrogen-bond donors (Lipinski definition) is 3. The molecule has 2 heterocycles. The molecule has 3 N–H and O–H groups in total. The molecule has 2 fully saturated rings. The van der Waals surface area contributed by atoms with E-state index in [2.05, 4.69) is 16.0 Å². The first kappa shape index (κ1) is 20.5. The van der Waals surface area contributed by atoms with Gasteiger partial charge in [0.05, 0.1) is 24.8 Å². The Kier molecular flexibility index (Phi) is 6.13. The number of unbranched alkanes of at least 4 members (excludes halogenated alkanes) is 1. The predicted octanol–water partition coefficient (Wildman–Crippen LogP) is 3.29. The quantitative estimate of drug-likeness (QED) is 0.358. The third-order valence-corrected chi connectivity index (χ3v) is 7.13. The highest BCUT2D eigenvalue weighted by atomic mass is 32.2. The first-order chi connectivity index (χ1) is 14.5. The fourth-order valence-corrected chi connectivity index (χ4v) is 5.61. The smallest absolute Gasteiger partial charge is 0.337 e. The Morgan fingerprint density at radius 2 is 1.93 bits per heavy atom. The van der Waals surface area contributed by atoms with Gasteiger partial charge in [0.2, 0.25) is 5.91 Å². The van der Waals surface area contributed by atoms with Crippen LogP contribution in [0.3, 0.4) is 0 Å². The minimum absolute atomic E-state index is 0.00619. The minimum atomic E-state index is -0.368. The summed E-state index contributed by atoms with van der Waals surface area (Å²) in [6, 6.07) is 11.4. The number of carbonyl (C=O) groups excluding carboxylic acids is 3. The molecule has 0 bridgehead atoms. The van der Waals surface area contributed by atoms with Crippen LogP contribution in [0.5, 0.6) is 0 Å². The molecule has 0 spiro atoms. The lowest BCUT2D eigenvalue weighted by atomic mass is 10.0. The lowest BCUT2D eigenvalue weighted by Gasteiger charge is -2.16. The third-order valence-electron chi connectivity index (χ3n) is 5.63. The standard InChI is InChI=1S/C22H25N3O4S/c1-29-21(27)15-7-6-14-11-16(9-8-13(14)10-15)23-19(26)5-3-2-4-18-20-17(12-30-18)24-22(28)25-20/h6-11,17-18,20H,2-5,12H2,1H3,(H,23,26)(H2,24,25,28)/t17-,18-,20+/m1/s1. The Morgan fingerprint density at radius 1 is 1.13 bits per heavy atom. The van der Waals surface area contributed by atoms with Crippen molar-refractivity contribution < 1.29 is 19.1 Å². The number of anilines is 1. The fraction of sp³-hybridized carbons (Fsp3) is 0.409. The topological polar surface area (TPSA) is 96.5 Å². The van der Waals surface area contributed by atoms with Gasteiger partial charge in [-0.05, 0) is 47.9 Å². The highest BCUT2D eigenvalue weighted by Gasteiger charge is 2.42. The summed E-state index contributed by atoms with van der Waals surface area (Å²) in [6.45, 7) is 0. The fourth-order valence-electron chi connectivity index (χ4n) is 4.07. The molecule has 3 atom stereocenters. The number of amides is 3. The molecule has 7 nitrogen and oxygen atoms in total. The molecule has 0 radical (unpaired) electrons. The molecule has 0 saturated carbocycles. The van der Waals surface area contributed by atoms with Crippen LogP contribution >= 0.6 is 11.8 Å². The number of ether oxygens (including phenoxy) is 1. The molecular weight excluding hydrogens is 402 g/mol. The van der Waals surface area contributed by atoms with Gasteiger partial charge < -0.3 is 20.7 Å². The van der Waals surface area contributed by atoms with Gasteiger partial charge in [0, 0.05) is 23.1 Å². The number of methoxy groups -OCH3 is 1. The molecule has 2 aromatic carbocycles. The minimum Gasteiger partial charge on any atom is -0.465 e. The zero-order valence-corrected chi connectivity index (χ0v) is 17.6. The second kappa shape index (κ2) is 8.95. The van der Waals surface area contributed by atoms with E-state index in [9.17, 15) is 14.4 Å². The Balaban J connectivity index is 1.24. The monoisotopic (exact) mass is 427 g/mol. The first-order valence-electron chi connectivity index (χ1n) is 10.1. The summed E-state index contributed by atoms with van der Waals surface area (Å²) in [4.78, 5) is 35.4. The van der Waals surface area contributed by atoms with Crippen LogP contribution in [-0.2, 0) is 9.53 Å². The van der Waals surface area contributed by atoms with Crippen molar-refractivity contribution >= 4 is 46.1 Å². The maximum absolute atomic E-state index is 12.3. The van der Waals surface area contributed by atoms with Crippen molar-refractivity contribution in [3.63, 3.8) is 0 Å². The van der Waals surface area contributed by atoms with Crippen LogP contribution in [0.4, 0.5) is 10.5 Å². The van der Waals surface area contributed by atoms with Gasteiger partial charge >= 0.3 is 12.0 Å². The summed E-state index contributed by atoms with van der Waals surface area (Å²) in [5.74, 6) is 0.582. The molecule has 8 heteroatoms. The SMILES string of the molecule is COC(=O)c1ccc2cc(NC(=O)CCCC[C@H]3SC[C@H]4NC(=O)N[C@@H]43)ccc2c1. The van der Waals surface area contributed by atoms with E-state index in [1.165, 1.54) is 7.11 Å². The molecule has 2 aliphatic rings. The molecule has 0 aliphatic carbocycles. The number of esters is 1. The van der Waals surface area contributed by atoms with Gasteiger partial charge in [0.1, 0.15) is 0 Å². The van der Waals surface area contributed by atoms with Gasteiger partial charge in [-0.2, -0.15) is 11.8 Å². The number of urea groups is 1. The normalized spacial score (nSPS) is 22.3. The van der Waals surface area contributed by atoms with Crippen molar-refractivity contribution in [2.24, 2.45) is 0 Å². The molecule has 3 amide bonds. The second-order valence-corrected chi connectivity index (χ2v) is 8.96. The number of nitrogens with one attached hydrogen (secondary N) is 3.